The average molecular weight is 515 g/mol. The molecule has 3 rings (SSSR count). The van der Waals surface area contributed by atoms with Crippen LogP contribution in [0.4, 0.5) is 4.39 Å². The van der Waals surface area contributed by atoms with E-state index >= 15 is 4.39 Å². The van der Waals surface area contributed by atoms with Crippen molar-refractivity contribution >= 4 is 28.6 Å². The van der Waals surface area contributed by atoms with E-state index in [-0.39, 0.29) is 15.6 Å². The minimum Gasteiger partial charge on any atom is -0.452 e. The molecule has 1 N–H and O–H groups in total. The van der Waals surface area contributed by atoms with E-state index < -0.39 is 41.4 Å². The fourth-order valence-corrected chi connectivity index (χ4v) is 3.70. The molecule has 0 amide bonds. The van der Waals surface area contributed by atoms with Gasteiger partial charge in [0.05, 0.1) is 5.56 Å². The van der Waals surface area contributed by atoms with Crippen LogP contribution in [-0.4, -0.2) is 37.9 Å². The Balaban J connectivity index is 2.03. The van der Waals surface area contributed by atoms with E-state index in [1.807, 2.05) is 22.6 Å². The molecular formula is C17H15FIN5O5. The smallest absolute Gasteiger partial charge is 0.338 e. The first-order chi connectivity index (χ1) is 13.8. The number of H-pyrrole nitrogens is 1. The van der Waals surface area contributed by atoms with Crippen molar-refractivity contribution in [3.05, 3.63) is 78.9 Å². The molecule has 1 saturated heterocycles. The fraction of sp³-hybridized carbons (Fsp3) is 0.353. The molecule has 1 aliphatic heterocycles. The van der Waals surface area contributed by atoms with Crippen LogP contribution in [0.5, 0.6) is 0 Å². The van der Waals surface area contributed by atoms with E-state index in [0.717, 1.165) is 10.8 Å². The Kier molecular flexibility index (Phi) is 6.05. The molecule has 4 unspecified atom stereocenters. The van der Waals surface area contributed by atoms with E-state index in [0.29, 0.717) is 0 Å². The number of hydrogen-bond acceptors (Lipinski definition) is 6. The van der Waals surface area contributed by atoms with E-state index in [9.17, 15) is 14.4 Å². The van der Waals surface area contributed by atoms with Crippen molar-refractivity contribution in [1.82, 2.24) is 9.55 Å². The molecule has 2 heterocycles. The van der Waals surface area contributed by atoms with Gasteiger partial charge in [0, 0.05) is 21.1 Å². The largest absolute Gasteiger partial charge is 0.452 e. The van der Waals surface area contributed by atoms with Gasteiger partial charge in [-0.15, -0.1) is 0 Å². The first kappa shape index (κ1) is 21.0. The van der Waals surface area contributed by atoms with Crippen molar-refractivity contribution in [2.45, 2.75) is 31.2 Å². The van der Waals surface area contributed by atoms with Crippen LogP contribution in [0.1, 0.15) is 22.1 Å². The molecule has 2 aromatic rings. The van der Waals surface area contributed by atoms with E-state index in [1.54, 1.807) is 18.2 Å². The first-order valence-electron chi connectivity index (χ1n) is 8.35. The van der Waals surface area contributed by atoms with Crippen LogP contribution >= 0.6 is 22.6 Å². The Morgan fingerprint density at radius 3 is 2.76 bits per heavy atom. The number of aromatic amines is 1. The molecule has 0 aliphatic carbocycles. The van der Waals surface area contributed by atoms with Gasteiger partial charge in [0.15, 0.2) is 24.2 Å². The van der Waals surface area contributed by atoms with Gasteiger partial charge in [-0.25, -0.2) is 14.0 Å². The molecule has 1 fully saturated rings. The summed E-state index contributed by atoms with van der Waals surface area (Å²) >= 11 is 1.81. The van der Waals surface area contributed by atoms with Crippen molar-refractivity contribution in [3.63, 3.8) is 0 Å². The minimum absolute atomic E-state index is 0.0600. The summed E-state index contributed by atoms with van der Waals surface area (Å²) in [6.07, 6.45) is -4.11. The number of azide groups is 1. The van der Waals surface area contributed by atoms with Crippen LogP contribution in [0.3, 0.4) is 0 Å². The Morgan fingerprint density at radius 1 is 1.45 bits per heavy atom. The lowest BCUT2D eigenvalue weighted by Crippen LogP contribution is -2.44. The number of rotatable bonds is 5. The van der Waals surface area contributed by atoms with Crippen molar-refractivity contribution < 1.29 is 18.7 Å². The number of nitrogens with zero attached hydrogens (tertiary/aromatic N) is 4. The number of esters is 1. The third-order valence-electron chi connectivity index (χ3n) is 4.40. The van der Waals surface area contributed by atoms with Gasteiger partial charge in [0.25, 0.3) is 5.56 Å². The maximum absolute atomic E-state index is 15.4. The molecule has 12 heteroatoms. The molecule has 0 saturated carbocycles. The number of alkyl halides is 2. The first-order valence-corrected chi connectivity index (χ1v) is 9.87. The van der Waals surface area contributed by atoms with Gasteiger partial charge in [-0.2, -0.15) is 0 Å². The van der Waals surface area contributed by atoms with Crippen LogP contribution in [0.2, 0.25) is 0 Å². The number of aromatic nitrogens is 2. The Labute approximate surface area is 176 Å². The minimum atomic E-state index is -2.05. The van der Waals surface area contributed by atoms with E-state index in [4.69, 9.17) is 15.0 Å². The molecule has 0 bridgehead atoms. The van der Waals surface area contributed by atoms with Crippen molar-refractivity contribution in [1.29, 1.82) is 0 Å². The number of hydrogen-bond donors (Lipinski definition) is 1. The highest BCUT2D eigenvalue weighted by Crippen LogP contribution is 2.43. The Bertz CT molecular complexity index is 1080. The quantitative estimate of drug-likeness (QED) is 0.163. The number of nitrogens with one attached hydrogen (secondary N) is 1. The second-order valence-electron chi connectivity index (χ2n) is 6.29. The highest BCUT2D eigenvalue weighted by Gasteiger charge is 2.58. The predicted molar refractivity (Wildman–Crippen MR) is 107 cm³/mol. The van der Waals surface area contributed by atoms with Gasteiger partial charge in [-0.05, 0) is 24.6 Å². The predicted octanol–water partition coefficient (Wildman–Crippen LogP) is 2.38. The van der Waals surface area contributed by atoms with Crippen LogP contribution < -0.4 is 11.2 Å². The lowest BCUT2D eigenvalue weighted by Gasteiger charge is -2.27. The summed E-state index contributed by atoms with van der Waals surface area (Å²) < 4.78 is 27.1. The highest BCUT2D eigenvalue weighted by atomic mass is 127. The Hall–Kier alpha value is -2.70. The topological polar surface area (TPSA) is 139 Å². The highest BCUT2D eigenvalue weighted by molar-refractivity contribution is 14.1. The SMILES string of the molecule is Cc1cn(C2OC(CI)(N=[N+]=[N-])C(OC(=O)c3ccccc3)C2F)c(=O)[nH]c1=O. The molecule has 29 heavy (non-hydrogen) atoms. The third kappa shape index (κ3) is 3.91. The maximum Gasteiger partial charge on any atom is 0.338 e. The summed E-state index contributed by atoms with van der Waals surface area (Å²) in [4.78, 5) is 41.0. The monoisotopic (exact) mass is 515 g/mol. The number of aryl methyl sites for hydroxylation is 1. The molecule has 1 aromatic carbocycles. The molecule has 1 aromatic heterocycles. The second kappa shape index (κ2) is 8.35. The zero-order chi connectivity index (χ0) is 21.2. The fourth-order valence-electron chi connectivity index (χ4n) is 2.93. The molecule has 1 aliphatic rings. The second-order valence-corrected chi connectivity index (χ2v) is 7.05. The summed E-state index contributed by atoms with van der Waals surface area (Å²) in [5.74, 6) is -0.838. The number of halogens is 2. The number of carbonyl (C=O) groups excluding carboxylic acids is 1. The molecular weight excluding hydrogens is 500 g/mol. The zero-order valence-corrected chi connectivity index (χ0v) is 17.1. The lowest BCUT2D eigenvalue weighted by molar-refractivity contribution is -0.0872. The summed E-state index contributed by atoms with van der Waals surface area (Å²) in [6, 6.07) is 7.89. The zero-order valence-electron chi connectivity index (χ0n) is 15.0. The van der Waals surface area contributed by atoms with Gasteiger partial charge in [0.2, 0.25) is 0 Å². The van der Waals surface area contributed by atoms with Gasteiger partial charge in [0.1, 0.15) is 0 Å². The summed E-state index contributed by atoms with van der Waals surface area (Å²) in [5.41, 5.74) is 5.87. The third-order valence-corrected chi connectivity index (χ3v) is 5.49. The summed E-state index contributed by atoms with van der Waals surface area (Å²) in [6.45, 7) is 1.43. The van der Waals surface area contributed by atoms with E-state index in [2.05, 4.69) is 15.0 Å². The normalized spacial score (nSPS) is 26.0. The maximum atomic E-state index is 15.4. The Morgan fingerprint density at radius 2 is 2.14 bits per heavy atom. The van der Waals surface area contributed by atoms with Crippen LogP contribution in [0.25, 0.3) is 10.4 Å². The summed E-state index contributed by atoms with van der Waals surface area (Å²) in [5, 5.41) is 3.54. The van der Waals surface area contributed by atoms with Crippen LogP contribution in [-0.2, 0) is 9.47 Å². The lowest BCUT2D eigenvalue weighted by atomic mass is 10.1. The number of ether oxygens (including phenoxy) is 2. The van der Waals surface area contributed by atoms with Crippen molar-refractivity contribution in [3.8, 4) is 0 Å². The average Bonchev–Trinajstić information content (AvgIpc) is 2.98. The molecule has 10 nitrogen and oxygen atoms in total. The molecule has 0 radical (unpaired) electrons. The van der Waals surface area contributed by atoms with Gasteiger partial charge < -0.3 is 9.47 Å². The van der Waals surface area contributed by atoms with Gasteiger partial charge in [-0.3, -0.25) is 14.3 Å². The van der Waals surface area contributed by atoms with Crippen LogP contribution in [0, 0.1) is 6.92 Å². The van der Waals surface area contributed by atoms with Gasteiger partial charge in [-0.1, -0.05) is 45.9 Å². The molecule has 0 spiro atoms. The summed E-state index contributed by atoms with van der Waals surface area (Å²) in [7, 11) is 0. The standard InChI is InChI=1S/C17H15FIN5O5/c1-9-7-24(16(27)21-13(9)25)14-11(18)12(17(8-19,29-14)22-23-20)28-15(26)10-5-3-2-4-6-10/h2-7,11-12,14H,8H2,1H3,(H,21,25,27). The van der Waals surface area contributed by atoms with Gasteiger partial charge >= 0.3 is 11.7 Å². The number of benzene rings is 1. The van der Waals surface area contributed by atoms with Crippen molar-refractivity contribution in [2.75, 3.05) is 4.43 Å². The molecule has 152 valence electrons. The van der Waals surface area contributed by atoms with Crippen molar-refractivity contribution in [2.24, 2.45) is 5.11 Å². The molecule has 4 atom stereocenters. The van der Waals surface area contributed by atoms with E-state index in [1.165, 1.54) is 19.1 Å². The van der Waals surface area contributed by atoms with Crippen LogP contribution in [0.15, 0.2) is 51.2 Å². The number of carbonyl (C=O) groups is 1.